The van der Waals surface area contributed by atoms with E-state index in [1.807, 2.05) is 0 Å². The van der Waals surface area contributed by atoms with Gasteiger partial charge in [-0.05, 0) is 58.4 Å². The molecule has 1 unspecified atom stereocenters. The summed E-state index contributed by atoms with van der Waals surface area (Å²) in [5, 5.41) is 3.97. The third-order valence-corrected chi connectivity index (χ3v) is 6.13. The van der Waals surface area contributed by atoms with E-state index in [2.05, 4.69) is 63.2 Å². The van der Waals surface area contributed by atoms with E-state index >= 15 is 0 Å². The van der Waals surface area contributed by atoms with E-state index in [0.29, 0.717) is 40.9 Å². The van der Waals surface area contributed by atoms with E-state index in [1.165, 1.54) is 17.6 Å². The van der Waals surface area contributed by atoms with E-state index in [1.54, 1.807) is 13.8 Å². The van der Waals surface area contributed by atoms with Gasteiger partial charge in [-0.25, -0.2) is 14.8 Å². The standard InChI is InChI=1S/C25H33N5O3/c1-5-32-25(31)21-19(4)33-24-22(21)23(27-16-28-24)26-10-7-11-29-12-13-30(18(3)15-29)20-9-6-8-17(2)14-20/h6,8-9,14,16,18H,5,7,10-13,15H2,1-4H3,(H,26,27,28). The summed E-state index contributed by atoms with van der Waals surface area (Å²) in [6.45, 7) is 13.1. The van der Waals surface area contributed by atoms with Crippen molar-refractivity contribution in [2.75, 3.05) is 49.5 Å². The summed E-state index contributed by atoms with van der Waals surface area (Å²) >= 11 is 0. The summed E-state index contributed by atoms with van der Waals surface area (Å²) in [4.78, 5) is 26.0. The van der Waals surface area contributed by atoms with E-state index in [4.69, 9.17) is 9.15 Å². The predicted octanol–water partition coefficient (Wildman–Crippen LogP) is 4.03. The summed E-state index contributed by atoms with van der Waals surface area (Å²) in [6, 6.07) is 9.21. The molecular weight excluding hydrogens is 418 g/mol. The van der Waals surface area contributed by atoms with Gasteiger partial charge >= 0.3 is 5.97 Å². The lowest BCUT2D eigenvalue weighted by Gasteiger charge is -2.41. The van der Waals surface area contributed by atoms with Crippen molar-refractivity contribution in [3.05, 3.63) is 47.5 Å². The van der Waals surface area contributed by atoms with Gasteiger partial charge in [0.15, 0.2) is 0 Å². The molecule has 8 heteroatoms. The van der Waals surface area contributed by atoms with Crippen molar-refractivity contribution >= 4 is 28.6 Å². The predicted molar refractivity (Wildman–Crippen MR) is 130 cm³/mol. The number of ether oxygens (including phenoxy) is 1. The molecule has 1 N–H and O–H groups in total. The topological polar surface area (TPSA) is 83.7 Å². The first-order valence-electron chi connectivity index (χ1n) is 11.7. The molecule has 4 rings (SSSR count). The number of rotatable bonds is 8. The van der Waals surface area contributed by atoms with Crippen molar-refractivity contribution in [2.24, 2.45) is 0 Å². The Kier molecular flexibility index (Phi) is 7.13. The van der Waals surface area contributed by atoms with Crippen molar-refractivity contribution in [1.29, 1.82) is 0 Å². The third kappa shape index (κ3) is 5.11. The number of fused-ring (bicyclic) bond motifs is 1. The van der Waals surface area contributed by atoms with Gasteiger partial charge in [0.05, 0.1) is 12.0 Å². The molecular formula is C25H33N5O3. The quantitative estimate of drug-likeness (QED) is 0.406. The molecule has 0 saturated carbocycles. The van der Waals surface area contributed by atoms with Crippen molar-refractivity contribution in [3.8, 4) is 0 Å². The number of nitrogens with one attached hydrogen (secondary N) is 1. The highest BCUT2D eigenvalue weighted by molar-refractivity contribution is 6.07. The van der Waals surface area contributed by atoms with E-state index in [-0.39, 0.29) is 0 Å². The lowest BCUT2D eigenvalue weighted by Crippen LogP contribution is -2.52. The van der Waals surface area contributed by atoms with Crippen LogP contribution in [0, 0.1) is 13.8 Å². The molecule has 1 atom stereocenters. The normalized spacial score (nSPS) is 16.8. The molecule has 1 aliphatic heterocycles. The Bertz CT molecular complexity index is 1110. The SMILES string of the molecule is CCOC(=O)c1c(C)oc2ncnc(NCCCN3CCN(c4cccc(C)c4)C(C)C3)c12. The number of esters is 1. The molecule has 1 saturated heterocycles. The van der Waals surface area contributed by atoms with Crippen LogP contribution in [-0.2, 0) is 4.74 Å². The summed E-state index contributed by atoms with van der Waals surface area (Å²) in [7, 11) is 0. The Hall–Kier alpha value is -3.13. The minimum atomic E-state index is -0.410. The second-order valence-corrected chi connectivity index (χ2v) is 8.62. The summed E-state index contributed by atoms with van der Waals surface area (Å²) < 4.78 is 10.9. The van der Waals surface area contributed by atoms with Crippen molar-refractivity contribution in [1.82, 2.24) is 14.9 Å². The summed E-state index contributed by atoms with van der Waals surface area (Å²) in [6.07, 6.45) is 2.42. The molecule has 8 nitrogen and oxygen atoms in total. The number of hydrogen-bond donors (Lipinski definition) is 1. The molecule has 3 heterocycles. The first-order valence-corrected chi connectivity index (χ1v) is 11.7. The number of carbonyl (C=O) groups excluding carboxylic acids is 1. The Balaban J connectivity index is 1.33. The van der Waals surface area contributed by atoms with Crippen molar-refractivity contribution in [3.63, 3.8) is 0 Å². The molecule has 3 aromatic rings. The van der Waals surface area contributed by atoms with Crippen LogP contribution < -0.4 is 10.2 Å². The number of aryl methyl sites for hydroxylation is 2. The van der Waals surface area contributed by atoms with Crippen LogP contribution in [-0.4, -0.2) is 66.2 Å². The van der Waals surface area contributed by atoms with Crippen LogP contribution in [0.2, 0.25) is 0 Å². The zero-order valence-electron chi connectivity index (χ0n) is 19.9. The zero-order chi connectivity index (χ0) is 23.4. The number of anilines is 2. The molecule has 0 bridgehead atoms. The maximum Gasteiger partial charge on any atom is 0.342 e. The van der Waals surface area contributed by atoms with E-state index in [0.717, 1.165) is 39.1 Å². The van der Waals surface area contributed by atoms with Crippen LogP contribution in [0.3, 0.4) is 0 Å². The number of piperazine rings is 1. The maximum atomic E-state index is 12.4. The minimum absolute atomic E-state index is 0.303. The Morgan fingerprint density at radius 3 is 2.88 bits per heavy atom. The minimum Gasteiger partial charge on any atom is -0.462 e. The fourth-order valence-electron chi connectivity index (χ4n) is 4.56. The molecule has 0 aliphatic carbocycles. The van der Waals surface area contributed by atoms with Crippen LogP contribution in [0.15, 0.2) is 35.0 Å². The number of nitrogens with zero attached hydrogens (tertiary/aromatic N) is 4. The second kappa shape index (κ2) is 10.2. The van der Waals surface area contributed by atoms with Crippen LogP contribution in [0.5, 0.6) is 0 Å². The number of aromatic nitrogens is 2. The smallest absolute Gasteiger partial charge is 0.342 e. The zero-order valence-corrected chi connectivity index (χ0v) is 19.9. The third-order valence-electron chi connectivity index (χ3n) is 6.13. The first-order chi connectivity index (χ1) is 16.0. The molecule has 33 heavy (non-hydrogen) atoms. The van der Waals surface area contributed by atoms with Gasteiger partial charge in [-0.1, -0.05) is 12.1 Å². The highest BCUT2D eigenvalue weighted by Crippen LogP contribution is 2.29. The van der Waals surface area contributed by atoms with Crippen LogP contribution in [0.4, 0.5) is 11.5 Å². The number of furan rings is 1. The number of hydrogen-bond acceptors (Lipinski definition) is 8. The average molecular weight is 452 g/mol. The number of carbonyl (C=O) groups is 1. The van der Waals surface area contributed by atoms with Gasteiger partial charge in [0.25, 0.3) is 0 Å². The highest BCUT2D eigenvalue weighted by atomic mass is 16.5. The van der Waals surface area contributed by atoms with Gasteiger partial charge in [0.2, 0.25) is 5.71 Å². The van der Waals surface area contributed by atoms with Crippen LogP contribution in [0.25, 0.3) is 11.1 Å². The Morgan fingerprint density at radius 2 is 2.12 bits per heavy atom. The lowest BCUT2D eigenvalue weighted by atomic mass is 10.1. The van der Waals surface area contributed by atoms with Crippen LogP contribution in [0.1, 0.15) is 41.9 Å². The molecule has 2 aromatic heterocycles. The first kappa shape index (κ1) is 23.0. The van der Waals surface area contributed by atoms with Crippen molar-refractivity contribution < 1.29 is 13.9 Å². The molecule has 0 spiro atoms. The number of benzene rings is 1. The van der Waals surface area contributed by atoms with Crippen molar-refractivity contribution in [2.45, 2.75) is 40.2 Å². The second-order valence-electron chi connectivity index (χ2n) is 8.62. The molecule has 0 amide bonds. The molecule has 176 valence electrons. The maximum absolute atomic E-state index is 12.4. The van der Waals surface area contributed by atoms with Gasteiger partial charge in [0, 0.05) is 37.9 Å². The van der Waals surface area contributed by atoms with Gasteiger partial charge in [-0.2, -0.15) is 0 Å². The van der Waals surface area contributed by atoms with E-state index < -0.39 is 5.97 Å². The lowest BCUT2D eigenvalue weighted by molar-refractivity contribution is 0.0526. The molecule has 1 aliphatic rings. The monoisotopic (exact) mass is 451 g/mol. The van der Waals surface area contributed by atoms with Gasteiger partial charge < -0.3 is 19.4 Å². The highest BCUT2D eigenvalue weighted by Gasteiger charge is 2.25. The fourth-order valence-corrected chi connectivity index (χ4v) is 4.56. The summed E-state index contributed by atoms with van der Waals surface area (Å²) in [5.74, 6) is 0.692. The fraction of sp³-hybridized carbons (Fsp3) is 0.480. The molecule has 1 aromatic carbocycles. The molecule has 1 fully saturated rings. The molecule has 0 radical (unpaired) electrons. The average Bonchev–Trinajstić information content (AvgIpc) is 3.13. The van der Waals surface area contributed by atoms with Gasteiger partial charge in [-0.15, -0.1) is 0 Å². The van der Waals surface area contributed by atoms with E-state index in [9.17, 15) is 4.79 Å². The largest absolute Gasteiger partial charge is 0.462 e. The summed E-state index contributed by atoms with van der Waals surface area (Å²) in [5.41, 5.74) is 3.40. The Morgan fingerprint density at radius 1 is 1.27 bits per heavy atom. The van der Waals surface area contributed by atoms with Gasteiger partial charge in [-0.3, -0.25) is 4.90 Å². The Labute approximate surface area is 194 Å². The van der Waals surface area contributed by atoms with Crippen LogP contribution >= 0.6 is 0 Å². The van der Waals surface area contributed by atoms with Gasteiger partial charge in [0.1, 0.15) is 23.5 Å².